The highest BCUT2D eigenvalue weighted by Gasteiger charge is 2.10. The van der Waals surface area contributed by atoms with E-state index in [1.165, 1.54) is 0 Å². The van der Waals surface area contributed by atoms with Crippen molar-refractivity contribution >= 4 is 17.0 Å². The molecule has 2 aromatic rings. The number of hydrogen-bond donors (Lipinski definition) is 1. The summed E-state index contributed by atoms with van der Waals surface area (Å²) in [5.74, 6) is -0.208. The molecule has 2 N–H and O–H groups in total. The van der Waals surface area contributed by atoms with Gasteiger partial charge in [0.1, 0.15) is 5.82 Å². The molecule has 0 atom stereocenters. The van der Waals surface area contributed by atoms with Crippen molar-refractivity contribution in [1.82, 2.24) is 4.98 Å². The third-order valence-corrected chi connectivity index (χ3v) is 3.74. The van der Waals surface area contributed by atoms with E-state index in [-0.39, 0.29) is 5.82 Å². The highest BCUT2D eigenvalue weighted by atomic mass is 32.1. The summed E-state index contributed by atoms with van der Waals surface area (Å²) >= 11 is 1.61. The van der Waals surface area contributed by atoms with Gasteiger partial charge in [0, 0.05) is 12.4 Å². The van der Waals surface area contributed by atoms with Crippen molar-refractivity contribution in [3.63, 3.8) is 0 Å². The molecule has 5 heteroatoms. The smallest absolute Gasteiger partial charge is 0.146 e. The topological polar surface area (TPSA) is 42.2 Å². The summed E-state index contributed by atoms with van der Waals surface area (Å²) in [4.78, 5) is 6.26. The van der Waals surface area contributed by atoms with Crippen LogP contribution in [0.1, 0.15) is 16.3 Å². The first-order chi connectivity index (χ1) is 9.10. The maximum Gasteiger partial charge on any atom is 0.146 e. The molecule has 0 aliphatic rings. The standard InChI is InChI=1S/C14H18FN3S/c1-10-17-12(9-19-10)8-18(2)14-4-3-11(5-6-16)7-13(14)15/h3-4,7,9H,5-6,8,16H2,1-2H3. The van der Waals surface area contributed by atoms with Crippen molar-refractivity contribution < 1.29 is 4.39 Å². The van der Waals surface area contributed by atoms with Crippen LogP contribution >= 0.6 is 11.3 Å². The van der Waals surface area contributed by atoms with Crippen LogP contribution in [0.3, 0.4) is 0 Å². The van der Waals surface area contributed by atoms with Crippen LogP contribution in [0.5, 0.6) is 0 Å². The van der Waals surface area contributed by atoms with E-state index in [1.807, 2.05) is 30.3 Å². The number of benzene rings is 1. The number of rotatable bonds is 5. The molecule has 0 aliphatic carbocycles. The predicted molar refractivity (Wildman–Crippen MR) is 78.1 cm³/mol. The highest BCUT2D eigenvalue weighted by Crippen LogP contribution is 2.21. The lowest BCUT2D eigenvalue weighted by Gasteiger charge is -2.19. The molecule has 0 amide bonds. The van der Waals surface area contributed by atoms with Gasteiger partial charge in [-0.2, -0.15) is 0 Å². The van der Waals surface area contributed by atoms with Crippen molar-refractivity contribution in [3.8, 4) is 0 Å². The molecule has 1 heterocycles. The van der Waals surface area contributed by atoms with Gasteiger partial charge in [-0.25, -0.2) is 9.37 Å². The summed E-state index contributed by atoms with van der Waals surface area (Å²) < 4.78 is 14.0. The van der Waals surface area contributed by atoms with Gasteiger partial charge < -0.3 is 10.6 Å². The Morgan fingerprint density at radius 3 is 2.79 bits per heavy atom. The number of nitrogens with zero attached hydrogens (tertiary/aromatic N) is 2. The van der Waals surface area contributed by atoms with E-state index in [1.54, 1.807) is 23.5 Å². The minimum Gasteiger partial charge on any atom is -0.366 e. The Kier molecular flexibility index (Phi) is 4.50. The molecule has 0 spiro atoms. The number of thiazole rings is 1. The van der Waals surface area contributed by atoms with Gasteiger partial charge >= 0.3 is 0 Å². The van der Waals surface area contributed by atoms with Crippen LogP contribution in [-0.4, -0.2) is 18.6 Å². The van der Waals surface area contributed by atoms with Crippen molar-refractivity contribution in [3.05, 3.63) is 45.7 Å². The molecule has 1 aromatic heterocycles. The largest absolute Gasteiger partial charge is 0.366 e. The van der Waals surface area contributed by atoms with Crippen LogP contribution in [0.25, 0.3) is 0 Å². The first-order valence-corrected chi connectivity index (χ1v) is 7.08. The summed E-state index contributed by atoms with van der Waals surface area (Å²) in [6.07, 6.45) is 0.701. The Labute approximate surface area is 116 Å². The van der Waals surface area contributed by atoms with E-state index in [0.29, 0.717) is 25.2 Å². The minimum atomic E-state index is -0.208. The Morgan fingerprint density at radius 1 is 1.42 bits per heavy atom. The summed E-state index contributed by atoms with van der Waals surface area (Å²) in [7, 11) is 1.87. The van der Waals surface area contributed by atoms with Gasteiger partial charge in [0.05, 0.1) is 22.9 Å². The van der Waals surface area contributed by atoms with Crippen molar-refractivity contribution in [2.24, 2.45) is 5.73 Å². The first-order valence-electron chi connectivity index (χ1n) is 6.21. The summed E-state index contributed by atoms with van der Waals surface area (Å²) in [6.45, 7) is 3.11. The van der Waals surface area contributed by atoms with E-state index < -0.39 is 0 Å². The monoisotopic (exact) mass is 279 g/mol. The zero-order valence-electron chi connectivity index (χ0n) is 11.2. The van der Waals surface area contributed by atoms with E-state index >= 15 is 0 Å². The summed E-state index contributed by atoms with van der Waals surface area (Å²) in [5, 5.41) is 3.04. The molecule has 19 heavy (non-hydrogen) atoms. The molecule has 0 aliphatic heterocycles. The summed E-state index contributed by atoms with van der Waals surface area (Å²) in [6, 6.07) is 5.29. The minimum absolute atomic E-state index is 0.208. The molecule has 1 aromatic carbocycles. The van der Waals surface area contributed by atoms with Crippen molar-refractivity contribution in [2.45, 2.75) is 19.9 Å². The Hall–Kier alpha value is -1.46. The van der Waals surface area contributed by atoms with Gasteiger partial charge in [0.15, 0.2) is 0 Å². The lowest BCUT2D eigenvalue weighted by molar-refractivity contribution is 0.619. The fourth-order valence-electron chi connectivity index (χ4n) is 1.99. The molecule has 0 fully saturated rings. The SMILES string of the molecule is Cc1nc(CN(C)c2ccc(CCN)cc2F)cs1. The van der Waals surface area contributed by atoms with Gasteiger partial charge in [-0.15, -0.1) is 11.3 Å². The van der Waals surface area contributed by atoms with Crippen LogP contribution in [0, 0.1) is 12.7 Å². The quantitative estimate of drug-likeness (QED) is 0.915. The second-order valence-corrected chi connectivity index (χ2v) is 5.60. The van der Waals surface area contributed by atoms with Crippen LogP contribution in [-0.2, 0) is 13.0 Å². The number of aromatic nitrogens is 1. The van der Waals surface area contributed by atoms with Gasteiger partial charge in [0.2, 0.25) is 0 Å². The molecule has 0 radical (unpaired) electrons. The molecular weight excluding hydrogens is 261 g/mol. The lowest BCUT2D eigenvalue weighted by Crippen LogP contribution is -2.18. The maximum atomic E-state index is 14.0. The van der Waals surface area contributed by atoms with Crippen LogP contribution < -0.4 is 10.6 Å². The molecule has 3 nitrogen and oxygen atoms in total. The van der Waals surface area contributed by atoms with Crippen LogP contribution in [0.15, 0.2) is 23.6 Å². The molecule has 0 saturated carbocycles. The number of anilines is 1. The van der Waals surface area contributed by atoms with Gasteiger partial charge in [-0.1, -0.05) is 6.07 Å². The molecular formula is C14H18FN3S. The second kappa shape index (κ2) is 6.12. The first kappa shape index (κ1) is 14.0. The van der Waals surface area contributed by atoms with Crippen molar-refractivity contribution in [1.29, 1.82) is 0 Å². The Balaban J connectivity index is 2.12. The molecule has 2 rings (SSSR count). The van der Waals surface area contributed by atoms with Gasteiger partial charge in [-0.05, 0) is 37.6 Å². The fourth-order valence-corrected chi connectivity index (χ4v) is 2.59. The van der Waals surface area contributed by atoms with E-state index in [2.05, 4.69) is 4.98 Å². The van der Waals surface area contributed by atoms with Crippen molar-refractivity contribution in [2.75, 3.05) is 18.5 Å². The van der Waals surface area contributed by atoms with E-state index in [0.717, 1.165) is 16.3 Å². The zero-order valence-corrected chi connectivity index (χ0v) is 12.0. The third kappa shape index (κ3) is 3.52. The lowest BCUT2D eigenvalue weighted by atomic mass is 10.1. The average Bonchev–Trinajstić information content (AvgIpc) is 2.75. The second-order valence-electron chi connectivity index (χ2n) is 4.54. The molecule has 0 bridgehead atoms. The number of aryl methyl sites for hydroxylation is 1. The van der Waals surface area contributed by atoms with E-state index in [9.17, 15) is 4.39 Å². The normalized spacial score (nSPS) is 10.7. The van der Waals surface area contributed by atoms with Gasteiger partial charge in [0.25, 0.3) is 0 Å². The Bertz CT molecular complexity index is 553. The molecule has 0 saturated heterocycles. The predicted octanol–water partition coefficient (Wildman–Crippen LogP) is 2.73. The number of nitrogens with two attached hydrogens (primary N) is 1. The maximum absolute atomic E-state index is 14.0. The highest BCUT2D eigenvalue weighted by molar-refractivity contribution is 7.09. The van der Waals surface area contributed by atoms with Crippen LogP contribution in [0.4, 0.5) is 10.1 Å². The number of halogens is 1. The van der Waals surface area contributed by atoms with E-state index in [4.69, 9.17) is 5.73 Å². The molecule has 102 valence electrons. The summed E-state index contributed by atoms with van der Waals surface area (Å²) in [5.41, 5.74) is 7.96. The Morgan fingerprint density at radius 2 is 2.21 bits per heavy atom. The number of hydrogen-bond acceptors (Lipinski definition) is 4. The average molecular weight is 279 g/mol. The van der Waals surface area contributed by atoms with Gasteiger partial charge in [-0.3, -0.25) is 0 Å². The zero-order chi connectivity index (χ0) is 13.8. The molecule has 0 unspecified atom stereocenters. The third-order valence-electron chi connectivity index (χ3n) is 2.92. The fraction of sp³-hybridized carbons (Fsp3) is 0.357. The van der Waals surface area contributed by atoms with Crippen LogP contribution in [0.2, 0.25) is 0 Å².